The molecule has 34 heavy (non-hydrogen) atoms. The minimum Gasteiger partial charge on any atom is -0.489 e. The maximum Gasteiger partial charge on any atom is 0.247 e. The van der Waals surface area contributed by atoms with Gasteiger partial charge < -0.3 is 25.0 Å². The molecule has 2 amide bonds. The van der Waals surface area contributed by atoms with Gasteiger partial charge in [0.25, 0.3) is 0 Å². The second-order valence-electron chi connectivity index (χ2n) is 8.99. The summed E-state index contributed by atoms with van der Waals surface area (Å²) in [4.78, 5) is 28.6. The van der Waals surface area contributed by atoms with Gasteiger partial charge in [0.1, 0.15) is 17.9 Å². The van der Waals surface area contributed by atoms with E-state index in [0.717, 1.165) is 50.0 Å². The molecule has 0 spiro atoms. The van der Waals surface area contributed by atoms with Crippen LogP contribution in [0.5, 0.6) is 5.75 Å². The summed E-state index contributed by atoms with van der Waals surface area (Å²) in [5.74, 6) is 0.349. The molecule has 2 aromatic carbocycles. The van der Waals surface area contributed by atoms with Crippen LogP contribution in [-0.2, 0) is 16.2 Å². The predicted molar refractivity (Wildman–Crippen MR) is 133 cm³/mol. The van der Waals surface area contributed by atoms with Crippen LogP contribution in [0, 0.1) is 0 Å². The first-order chi connectivity index (χ1) is 16.4. The molecule has 7 nitrogen and oxygen atoms in total. The lowest BCUT2D eigenvalue weighted by Gasteiger charge is -2.34. The number of rotatable bonds is 6. The van der Waals surface area contributed by atoms with Crippen LogP contribution in [0.15, 0.2) is 42.5 Å². The van der Waals surface area contributed by atoms with Crippen molar-refractivity contribution in [2.45, 2.75) is 57.8 Å². The molecule has 0 saturated carbocycles. The molecule has 8 heteroatoms. The average Bonchev–Trinajstić information content (AvgIpc) is 2.86. The largest absolute Gasteiger partial charge is 0.489 e. The molecule has 2 aliphatic heterocycles. The van der Waals surface area contributed by atoms with E-state index in [0.29, 0.717) is 29.4 Å². The fourth-order valence-corrected chi connectivity index (χ4v) is 4.93. The van der Waals surface area contributed by atoms with Crippen molar-refractivity contribution in [3.63, 3.8) is 0 Å². The Morgan fingerprint density at radius 2 is 1.79 bits per heavy atom. The van der Waals surface area contributed by atoms with Gasteiger partial charge >= 0.3 is 0 Å². The van der Waals surface area contributed by atoms with Gasteiger partial charge in [-0.3, -0.25) is 9.59 Å². The van der Waals surface area contributed by atoms with Gasteiger partial charge in [-0.1, -0.05) is 23.7 Å². The van der Waals surface area contributed by atoms with Gasteiger partial charge in [-0.05, 0) is 55.2 Å². The van der Waals surface area contributed by atoms with E-state index in [1.54, 1.807) is 23.1 Å². The number of anilines is 2. The van der Waals surface area contributed by atoms with Crippen LogP contribution in [0.4, 0.5) is 11.4 Å². The number of benzene rings is 2. The van der Waals surface area contributed by atoms with Crippen LogP contribution < -0.4 is 15.0 Å². The van der Waals surface area contributed by atoms with Gasteiger partial charge in [-0.25, -0.2) is 0 Å². The lowest BCUT2D eigenvalue weighted by atomic mass is 10.0. The summed E-state index contributed by atoms with van der Waals surface area (Å²) in [5.41, 5.74) is 2.65. The van der Waals surface area contributed by atoms with Gasteiger partial charge in [0, 0.05) is 50.8 Å². The number of hydrogen-bond acceptors (Lipinski definition) is 5. The Morgan fingerprint density at radius 3 is 2.44 bits per heavy atom. The highest BCUT2D eigenvalue weighted by molar-refractivity contribution is 6.32. The van der Waals surface area contributed by atoms with Gasteiger partial charge in [0.2, 0.25) is 11.8 Å². The van der Waals surface area contributed by atoms with Crippen LogP contribution in [-0.4, -0.2) is 53.6 Å². The van der Waals surface area contributed by atoms with E-state index in [9.17, 15) is 14.7 Å². The Bertz CT molecular complexity index is 1010. The molecule has 2 N–H and O–H groups in total. The molecule has 1 atom stereocenters. The number of nitrogens with one attached hydrogen (secondary N) is 1. The Kier molecular flexibility index (Phi) is 7.95. The van der Waals surface area contributed by atoms with Gasteiger partial charge in [-0.2, -0.15) is 0 Å². The molecule has 4 rings (SSSR count). The lowest BCUT2D eigenvalue weighted by Crippen LogP contribution is -2.49. The molecule has 2 aliphatic rings. The second kappa shape index (κ2) is 11.1. The number of amides is 2. The van der Waals surface area contributed by atoms with Gasteiger partial charge in [0.15, 0.2) is 0 Å². The number of piperidine rings is 2. The van der Waals surface area contributed by atoms with E-state index in [1.165, 1.54) is 6.92 Å². The number of carbonyl (C=O) groups is 2. The van der Waals surface area contributed by atoms with Crippen molar-refractivity contribution in [1.82, 2.24) is 4.90 Å². The van der Waals surface area contributed by atoms with E-state index in [4.69, 9.17) is 16.3 Å². The first kappa shape index (κ1) is 24.4. The van der Waals surface area contributed by atoms with Crippen LogP contribution >= 0.6 is 11.6 Å². The maximum atomic E-state index is 12.8. The van der Waals surface area contributed by atoms with Crippen LogP contribution in [0.3, 0.4) is 0 Å². The Labute approximate surface area is 205 Å². The summed E-state index contributed by atoms with van der Waals surface area (Å²) in [6, 6.07) is 12.8. The van der Waals surface area contributed by atoms with Crippen molar-refractivity contribution < 1.29 is 19.4 Å². The van der Waals surface area contributed by atoms with E-state index in [2.05, 4.69) is 10.2 Å². The number of aliphatic hydroxyl groups is 1. The quantitative estimate of drug-likeness (QED) is 0.640. The summed E-state index contributed by atoms with van der Waals surface area (Å²) in [6.45, 7) is 3.93. The zero-order valence-corrected chi connectivity index (χ0v) is 20.3. The molecule has 0 aliphatic carbocycles. The molecule has 2 heterocycles. The number of hydrogen-bond donors (Lipinski definition) is 2. The molecular formula is C26H32ClN3O4. The first-order valence-corrected chi connectivity index (χ1v) is 12.3. The van der Waals surface area contributed by atoms with Crippen molar-refractivity contribution in [3.8, 4) is 5.75 Å². The Balaban J connectivity index is 1.31. The topological polar surface area (TPSA) is 82.1 Å². The molecule has 0 radical (unpaired) electrons. The third-order valence-corrected chi connectivity index (χ3v) is 6.92. The zero-order chi connectivity index (χ0) is 24.1. The van der Waals surface area contributed by atoms with Crippen molar-refractivity contribution in [1.29, 1.82) is 0 Å². The van der Waals surface area contributed by atoms with E-state index in [1.807, 2.05) is 24.3 Å². The summed E-state index contributed by atoms with van der Waals surface area (Å²) >= 11 is 6.48. The van der Waals surface area contributed by atoms with Gasteiger partial charge in [0.05, 0.1) is 11.6 Å². The number of halogens is 1. The second-order valence-corrected chi connectivity index (χ2v) is 9.39. The van der Waals surface area contributed by atoms with Crippen molar-refractivity contribution in [3.05, 3.63) is 53.1 Å². The average molecular weight is 486 g/mol. The SMILES string of the molecule is CC(=O)N1CCCCC1C(=O)Nc1ccc(OC2CCN(c3ccc(CO)cc3)CC2)c(Cl)c1. The van der Waals surface area contributed by atoms with Crippen LogP contribution in [0.1, 0.15) is 44.6 Å². The summed E-state index contributed by atoms with van der Waals surface area (Å²) < 4.78 is 6.17. The Morgan fingerprint density at radius 1 is 1.06 bits per heavy atom. The van der Waals surface area contributed by atoms with Crippen molar-refractivity contribution in [2.24, 2.45) is 0 Å². The number of nitrogens with zero attached hydrogens (tertiary/aromatic N) is 2. The normalized spacial score (nSPS) is 19.1. The fourth-order valence-electron chi connectivity index (χ4n) is 4.70. The van der Waals surface area contributed by atoms with Crippen molar-refractivity contribution >= 4 is 34.8 Å². The van der Waals surface area contributed by atoms with E-state index in [-0.39, 0.29) is 24.5 Å². The zero-order valence-electron chi connectivity index (χ0n) is 19.5. The van der Waals surface area contributed by atoms with E-state index < -0.39 is 6.04 Å². The predicted octanol–water partition coefficient (Wildman–Crippen LogP) is 4.22. The molecule has 2 fully saturated rings. The van der Waals surface area contributed by atoms with Crippen LogP contribution in [0.25, 0.3) is 0 Å². The number of carbonyl (C=O) groups excluding carboxylic acids is 2. The molecule has 0 bridgehead atoms. The Hall–Kier alpha value is -2.77. The van der Waals surface area contributed by atoms with Crippen molar-refractivity contribution in [2.75, 3.05) is 29.9 Å². The molecule has 0 aromatic heterocycles. The number of aliphatic hydroxyl groups excluding tert-OH is 1. The minimum atomic E-state index is -0.439. The molecule has 2 aromatic rings. The highest BCUT2D eigenvalue weighted by Crippen LogP contribution is 2.31. The highest BCUT2D eigenvalue weighted by atomic mass is 35.5. The summed E-state index contributed by atoms with van der Waals surface area (Å²) in [6.07, 6.45) is 4.35. The third-order valence-electron chi connectivity index (χ3n) is 6.63. The number of likely N-dealkylation sites (tertiary alicyclic amines) is 1. The van der Waals surface area contributed by atoms with Gasteiger partial charge in [-0.15, -0.1) is 0 Å². The minimum absolute atomic E-state index is 0.0524. The van der Waals surface area contributed by atoms with E-state index >= 15 is 0 Å². The standard InChI is InChI=1S/C26H32ClN3O4/c1-18(32)30-13-3-2-4-24(30)26(33)28-20-7-10-25(23(27)16-20)34-22-11-14-29(15-12-22)21-8-5-19(17-31)6-9-21/h5-10,16,22,24,31H,2-4,11-15,17H2,1H3,(H,28,33). The monoisotopic (exact) mass is 485 g/mol. The molecule has 182 valence electrons. The maximum absolute atomic E-state index is 12.8. The smallest absolute Gasteiger partial charge is 0.247 e. The highest BCUT2D eigenvalue weighted by Gasteiger charge is 2.30. The lowest BCUT2D eigenvalue weighted by molar-refractivity contribution is -0.138. The first-order valence-electron chi connectivity index (χ1n) is 11.9. The molecular weight excluding hydrogens is 454 g/mol. The fraction of sp³-hybridized carbons (Fsp3) is 0.462. The van der Waals surface area contributed by atoms with Crippen LogP contribution in [0.2, 0.25) is 5.02 Å². The number of ether oxygens (including phenoxy) is 1. The third kappa shape index (κ3) is 5.83. The molecule has 1 unspecified atom stereocenters. The summed E-state index contributed by atoms with van der Waals surface area (Å²) in [7, 11) is 0. The molecule has 2 saturated heterocycles. The summed E-state index contributed by atoms with van der Waals surface area (Å²) in [5, 5.41) is 12.6.